The summed E-state index contributed by atoms with van der Waals surface area (Å²) < 4.78 is 30.3. The molecule has 11 nitrogen and oxygen atoms in total. The van der Waals surface area contributed by atoms with Crippen LogP contribution in [0.1, 0.15) is 43.0 Å². The number of phenolic OH excluding ortho intramolecular Hbond substituents is 2. The van der Waals surface area contributed by atoms with Gasteiger partial charge in [0.15, 0.2) is 5.79 Å². The van der Waals surface area contributed by atoms with E-state index in [1.165, 1.54) is 0 Å². The summed E-state index contributed by atoms with van der Waals surface area (Å²) in [5.74, 6) is -0.967. The summed E-state index contributed by atoms with van der Waals surface area (Å²) in [6, 6.07) is 20.2. The molecule has 0 aliphatic carbocycles. The van der Waals surface area contributed by atoms with Crippen molar-refractivity contribution < 1.29 is 60.6 Å². The van der Waals surface area contributed by atoms with Crippen LogP contribution < -0.4 is 4.74 Å². The third kappa shape index (κ3) is 9.61. The summed E-state index contributed by atoms with van der Waals surface area (Å²) in [5.41, 5.74) is 1.73. The zero-order valence-corrected chi connectivity index (χ0v) is 27.4. The Bertz CT molecular complexity index is 1510. The molecule has 0 spiro atoms. The minimum absolute atomic E-state index is 0. The van der Waals surface area contributed by atoms with E-state index in [9.17, 15) is 10.2 Å². The van der Waals surface area contributed by atoms with Gasteiger partial charge in [0.25, 0.3) is 5.97 Å². The Hall–Kier alpha value is -3.78. The molecule has 0 aromatic heterocycles. The Kier molecular flexibility index (Phi) is 12.9. The van der Waals surface area contributed by atoms with Gasteiger partial charge < -0.3 is 39.0 Å². The Balaban J connectivity index is 0.00000109. The number of carboxylic acid groups (broad SMARTS) is 1. The fourth-order valence-electron chi connectivity index (χ4n) is 5.10. The van der Waals surface area contributed by atoms with Gasteiger partial charge in [-0.15, -0.1) is 0 Å². The molecule has 3 aromatic carbocycles. The molecular weight excluding hydrogens is 639 g/mol. The van der Waals surface area contributed by atoms with Gasteiger partial charge in [0.05, 0.1) is 13.2 Å². The monoisotopic (exact) mass is 679 g/mol. The van der Waals surface area contributed by atoms with Gasteiger partial charge in [-0.25, -0.2) is 0 Å². The van der Waals surface area contributed by atoms with E-state index in [-0.39, 0.29) is 47.5 Å². The molecule has 12 heteroatoms. The molecule has 2 aliphatic rings. The number of aliphatic imine (C=N–C) groups is 2. The molecule has 4 atom stereocenters. The van der Waals surface area contributed by atoms with Crippen LogP contribution in [0.2, 0.25) is 0 Å². The SMILES string of the molecule is CC(=O)O.COC1C2OC(C)(C)O[C@H]2COC1(CN=Cc1ccc(C)cc1O)/N=C/c1ccc(OCc2ccccc2)cc1O.[Co]. The number of hydrogen-bond donors (Lipinski definition) is 3. The van der Waals surface area contributed by atoms with E-state index in [2.05, 4.69) is 4.99 Å². The van der Waals surface area contributed by atoms with Gasteiger partial charge in [-0.2, -0.15) is 0 Å². The number of aromatic hydroxyl groups is 2. The first kappa shape index (κ1) is 36.7. The summed E-state index contributed by atoms with van der Waals surface area (Å²) in [5, 5.41) is 28.5. The van der Waals surface area contributed by atoms with Crippen molar-refractivity contribution in [1.29, 1.82) is 0 Å². The largest absolute Gasteiger partial charge is 0.507 e. The Morgan fingerprint density at radius 3 is 2.30 bits per heavy atom. The smallest absolute Gasteiger partial charge is 0.300 e. The van der Waals surface area contributed by atoms with Gasteiger partial charge in [0.1, 0.15) is 42.2 Å². The predicted molar refractivity (Wildman–Crippen MR) is 168 cm³/mol. The van der Waals surface area contributed by atoms with Crippen LogP contribution in [0.25, 0.3) is 0 Å². The van der Waals surface area contributed by atoms with Crippen molar-refractivity contribution in [3.63, 3.8) is 0 Å². The molecule has 5 rings (SSSR count). The Labute approximate surface area is 279 Å². The van der Waals surface area contributed by atoms with Crippen LogP contribution in [0.5, 0.6) is 17.2 Å². The van der Waals surface area contributed by atoms with Crippen LogP contribution in [0, 0.1) is 6.92 Å². The number of methoxy groups -OCH3 is 1. The molecule has 0 saturated carbocycles. The van der Waals surface area contributed by atoms with Crippen molar-refractivity contribution in [2.24, 2.45) is 9.98 Å². The molecule has 2 fully saturated rings. The van der Waals surface area contributed by atoms with E-state index < -0.39 is 29.7 Å². The van der Waals surface area contributed by atoms with E-state index in [1.54, 1.807) is 49.9 Å². The molecular formula is C34H40CoN2O9. The van der Waals surface area contributed by atoms with Crippen molar-refractivity contribution in [2.45, 2.75) is 64.1 Å². The van der Waals surface area contributed by atoms with E-state index in [0.717, 1.165) is 18.1 Å². The number of rotatable bonds is 9. The maximum absolute atomic E-state index is 10.8. The average molecular weight is 680 g/mol. The van der Waals surface area contributed by atoms with E-state index in [1.807, 2.05) is 57.2 Å². The second-order valence-electron chi connectivity index (χ2n) is 11.3. The van der Waals surface area contributed by atoms with Gasteiger partial charge in [0.2, 0.25) is 5.72 Å². The van der Waals surface area contributed by atoms with Gasteiger partial charge in [0, 0.05) is 60.4 Å². The van der Waals surface area contributed by atoms with Crippen LogP contribution >= 0.6 is 0 Å². The zero-order valence-electron chi connectivity index (χ0n) is 26.4. The molecule has 1 radical (unpaired) electrons. The van der Waals surface area contributed by atoms with Crippen molar-refractivity contribution in [3.8, 4) is 17.2 Å². The minimum Gasteiger partial charge on any atom is -0.507 e. The van der Waals surface area contributed by atoms with Crippen LogP contribution in [-0.2, 0) is 47.1 Å². The van der Waals surface area contributed by atoms with E-state index in [4.69, 9.17) is 38.6 Å². The first-order valence-electron chi connectivity index (χ1n) is 14.5. The Morgan fingerprint density at radius 2 is 1.65 bits per heavy atom. The van der Waals surface area contributed by atoms with Crippen LogP contribution in [0.15, 0.2) is 76.7 Å². The van der Waals surface area contributed by atoms with Gasteiger partial charge in [-0.05, 0) is 56.2 Å². The number of aliphatic carboxylic acids is 1. The second-order valence-corrected chi connectivity index (χ2v) is 11.3. The molecule has 249 valence electrons. The van der Waals surface area contributed by atoms with Crippen LogP contribution in [0.4, 0.5) is 0 Å². The molecule has 3 N–H and O–H groups in total. The predicted octanol–water partition coefficient (Wildman–Crippen LogP) is 4.87. The zero-order chi connectivity index (χ0) is 32.6. The summed E-state index contributed by atoms with van der Waals surface area (Å²) in [6.45, 7) is 7.36. The molecule has 0 amide bonds. The average Bonchev–Trinajstić information content (AvgIpc) is 3.30. The molecule has 2 saturated heterocycles. The number of ether oxygens (including phenoxy) is 5. The van der Waals surface area contributed by atoms with Crippen LogP contribution in [0.3, 0.4) is 0 Å². The van der Waals surface area contributed by atoms with Gasteiger partial charge in [-0.3, -0.25) is 14.8 Å². The number of phenols is 2. The molecule has 2 heterocycles. The van der Waals surface area contributed by atoms with E-state index in [0.29, 0.717) is 23.5 Å². The van der Waals surface area contributed by atoms with Crippen molar-refractivity contribution in [3.05, 3.63) is 89.0 Å². The first-order chi connectivity index (χ1) is 21.4. The van der Waals surface area contributed by atoms with Gasteiger partial charge >= 0.3 is 0 Å². The third-order valence-corrected chi connectivity index (χ3v) is 7.12. The quantitative estimate of drug-likeness (QED) is 0.269. The molecule has 3 unspecified atom stereocenters. The standard InChI is InChI=1S/C32H36N2O7.C2H4O2.Co/c1-21-10-11-23(26(35)14-21)16-33-20-32(30(37-4)29-28(19-39-32)40-31(2,3)41-29)34-17-24-12-13-25(15-27(24)36)38-18-22-8-6-5-7-9-22;1-2(3)4;/h5-17,28-30,35-36H,18-20H2,1-4H3;1H3,(H,3,4);/b33-16?,34-17+;;/t28-,29?,30?,32?;;/m0../s1. The molecule has 3 aromatic rings. The molecule has 2 aliphatic heterocycles. The number of nitrogens with zero attached hydrogens (tertiary/aromatic N) is 2. The summed E-state index contributed by atoms with van der Waals surface area (Å²) in [6.07, 6.45) is 1.67. The second kappa shape index (κ2) is 16.2. The summed E-state index contributed by atoms with van der Waals surface area (Å²) in [7, 11) is 1.57. The van der Waals surface area contributed by atoms with E-state index >= 15 is 0 Å². The van der Waals surface area contributed by atoms with Crippen molar-refractivity contribution in [1.82, 2.24) is 0 Å². The summed E-state index contributed by atoms with van der Waals surface area (Å²) >= 11 is 0. The fourth-order valence-corrected chi connectivity index (χ4v) is 5.10. The number of carboxylic acids is 1. The topological polar surface area (TPSA) is 149 Å². The number of benzene rings is 3. The Morgan fingerprint density at radius 1 is 1.00 bits per heavy atom. The van der Waals surface area contributed by atoms with Crippen molar-refractivity contribution >= 4 is 18.4 Å². The maximum atomic E-state index is 10.8. The number of hydrogen-bond acceptors (Lipinski definition) is 10. The minimum atomic E-state index is -1.29. The molecule has 46 heavy (non-hydrogen) atoms. The maximum Gasteiger partial charge on any atom is 0.300 e. The van der Waals surface area contributed by atoms with Gasteiger partial charge in [-0.1, -0.05) is 36.4 Å². The number of carbonyl (C=O) groups is 1. The summed E-state index contributed by atoms with van der Waals surface area (Å²) in [4.78, 5) is 18.4. The normalized spacial score (nSPS) is 23.3. The van der Waals surface area contributed by atoms with Crippen molar-refractivity contribution in [2.75, 3.05) is 20.3 Å². The van der Waals surface area contributed by atoms with Crippen LogP contribution in [-0.4, -0.2) is 83.8 Å². The number of aryl methyl sites for hydroxylation is 1. The first-order valence-corrected chi connectivity index (χ1v) is 14.5. The number of fused-ring (bicyclic) bond motifs is 1. The third-order valence-electron chi connectivity index (χ3n) is 7.12. The molecule has 0 bridgehead atoms. The fraction of sp³-hybridized carbons (Fsp3) is 0.382.